The minimum Gasteiger partial charge on any atom is -0.392 e. The molecule has 4 aromatic rings. The zero-order chi connectivity index (χ0) is 26.0. The zero-order valence-corrected chi connectivity index (χ0v) is 19.2. The highest BCUT2D eigenvalue weighted by Crippen LogP contribution is 2.29. The molecule has 0 spiro atoms. The van der Waals surface area contributed by atoms with Gasteiger partial charge in [-0.05, 0) is 60.5 Å². The van der Waals surface area contributed by atoms with E-state index in [9.17, 15) is 27.5 Å². The first-order valence-electron chi connectivity index (χ1n) is 10.9. The number of rotatable bonds is 6. The summed E-state index contributed by atoms with van der Waals surface area (Å²) in [6.45, 7) is 1.17. The largest absolute Gasteiger partial charge is 0.417 e. The van der Waals surface area contributed by atoms with Crippen molar-refractivity contribution in [2.75, 3.05) is 5.73 Å². The van der Waals surface area contributed by atoms with E-state index in [2.05, 4.69) is 9.97 Å². The lowest BCUT2D eigenvalue weighted by Crippen LogP contribution is -2.30. The van der Waals surface area contributed by atoms with Crippen molar-refractivity contribution in [3.63, 3.8) is 0 Å². The molecule has 0 aliphatic carbocycles. The van der Waals surface area contributed by atoms with Crippen LogP contribution in [0.3, 0.4) is 0 Å². The second-order valence-electron chi connectivity index (χ2n) is 8.38. The molecular weight excluding hydrogens is 476 g/mol. The molecule has 0 saturated heterocycles. The van der Waals surface area contributed by atoms with Gasteiger partial charge in [0.25, 0.3) is 5.91 Å². The average Bonchev–Trinajstić information content (AvgIpc) is 2.83. The first kappa shape index (κ1) is 25.1. The summed E-state index contributed by atoms with van der Waals surface area (Å²) < 4.78 is 53.0. The minimum absolute atomic E-state index is 0.0405. The number of aryl methyl sites for hydroxylation is 1. The molecule has 0 aliphatic heterocycles. The summed E-state index contributed by atoms with van der Waals surface area (Å²) >= 11 is 0. The highest BCUT2D eigenvalue weighted by atomic mass is 19.4. The van der Waals surface area contributed by atoms with E-state index in [1.807, 2.05) is 0 Å². The van der Waals surface area contributed by atoms with E-state index in [-0.39, 0.29) is 24.3 Å². The fourth-order valence-corrected chi connectivity index (χ4v) is 3.73. The molecule has 2 aromatic heterocycles. The number of aromatic nitrogens is 2. The Hall–Kier alpha value is -4.05. The molecule has 4 rings (SSSR count). The lowest BCUT2D eigenvalue weighted by Gasteiger charge is -2.23. The number of carbonyl (C=O) groups excluding carboxylic acids is 1. The molecule has 0 radical (unpaired) electrons. The Balaban J connectivity index is 1.68. The average molecular weight is 498 g/mol. The number of nitrogens with two attached hydrogens (primary N) is 1. The smallest absolute Gasteiger partial charge is 0.392 e. The fourth-order valence-electron chi connectivity index (χ4n) is 3.73. The Kier molecular flexibility index (Phi) is 6.89. The van der Waals surface area contributed by atoms with Crippen LogP contribution in [0.15, 0.2) is 60.8 Å². The summed E-state index contributed by atoms with van der Waals surface area (Å²) in [7, 11) is 0. The summed E-state index contributed by atoms with van der Waals surface area (Å²) in [5.41, 5.74) is 7.41. The van der Waals surface area contributed by atoms with Gasteiger partial charge in [-0.1, -0.05) is 12.1 Å². The lowest BCUT2D eigenvalue weighted by atomic mass is 10.1. The Labute approximate surface area is 204 Å². The Bertz CT molecular complexity index is 1420. The van der Waals surface area contributed by atoms with Crippen LogP contribution in [-0.4, -0.2) is 25.9 Å². The standard InChI is InChI=1S/C26H22F4N4O2/c1-15-8-19-10-17(4-7-23(19)33-24(15)31)25(36)34(12-16-2-3-18(14-35)22(27)9-16)13-21-6-5-20(11-32-21)26(28,29)30/h2-11,35H,12-14H2,1H3,(H2,31,33). The van der Waals surface area contributed by atoms with Crippen LogP contribution in [0.5, 0.6) is 0 Å². The topological polar surface area (TPSA) is 92.3 Å². The quantitative estimate of drug-likeness (QED) is 0.365. The molecule has 10 heteroatoms. The lowest BCUT2D eigenvalue weighted by molar-refractivity contribution is -0.137. The number of fused-ring (bicyclic) bond motifs is 1. The summed E-state index contributed by atoms with van der Waals surface area (Å²) in [6, 6.07) is 13.0. The number of aliphatic hydroxyl groups is 1. The van der Waals surface area contributed by atoms with Crippen LogP contribution in [0.2, 0.25) is 0 Å². The van der Waals surface area contributed by atoms with Crippen molar-refractivity contribution in [3.8, 4) is 0 Å². The predicted molar refractivity (Wildman–Crippen MR) is 126 cm³/mol. The van der Waals surface area contributed by atoms with Crippen LogP contribution in [0.4, 0.5) is 23.4 Å². The van der Waals surface area contributed by atoms with Crippen LogP contribution in [-0.2, 0) is 25.9 Å². The molecular formula is C26H22F4N4O2. The molecule has 2 heterocycles. The first-order chi connectivity index (χ1) is 17.0. The van der Waals surface area contributed by atoms with Crippen LogP contribution in [0, 0.1) is 12.7 Å². The maximum atomic E-state index is 14.3. The van der Waals surface area contributed by atoms with E-state index in [1.54, 1.807) is 37.3 Å². The molecule has 0 saturated carbocycles. The number of anilines is 1. The van der Waals surface area contributed by atoms with Crippen molar-refractivity contribution in [1.82, 2.24) is 14.9 Å². The molecule has 1 amide bonds. The molecule has 3 N–H and O–H groups in total. The number of pyridine rings is 2. The maximum absolute atomic E-state index is 14.3. The third-order valence-electron chi connectivity index (χ3n) is 5.74. The molecule has 0 unspecified atom stereocenters. The number of nitrogens with zero attached hydrogens (tertiary/aromatic N) is 3. The molecule has 6 nitrogen and oxygen atoms in total. The molecule has 186 valence electrons. The van der Waals surface area contributed by atoms with Gasteiger partial charge >= 0.3 is 6.18 Å². The normalized spacial score (nSPS) is 11.6. The number of halogens is 4. The van der Waals surface area contributed by atoms with E-state index in [0.29, 0.717) is 34.0 Å². The van der Waals surface area contributed by atoms with Gasteiger partial charge in [0.1, 0.15) is 11.6 Å². The van der Waals surface area contributed by atoms with Crippen molar-refractivity contribution in [1.29, 1.82) is 0 Å². The Morgan fingerprint density at radius 3 is 2.47 bits per heavy atom. The number of amides is 1. The van der Waals surface area contributed by atoms with Gasteiger partial charge in [0.05, 0.1) is 29.9 Å². The van der Waals surface area contributed by atoms with Crippen molar-refractivity contribution in [2.24, 2.45) is 0 Å². The van der Waals surface area contributed by atoms with E-state index in [4.69, 9.17) is 5.73 Å². The second-order valence-corrected chi connectivity index (χ2v) is 8.38. The summed E-state index contributed by atoms with van der Waals surface area (Å²) in [4.78, 5) is 23.1. The highest BCUT2D eigenvalue weighted by molar-refractivity contribution is 5.98. The Morgan fingerprint density at radius 1 is 1.06 bits per heavy atom. The first-order valence-corrected chi connectivity index (χ1v) is 10.9. The van der Waals surface area contributed by atoms with Crippen LogP contribution < -0.4 is 5.73 Å². The zero-order valence-electron chi connectivity index (χ0n) is 19.2. The van der Waals surface area contributed by atoms with Gasteiger partial charge in [0.15, 0.2) is 0 Å². The predicted octanol–water partition coefficient (Wildman–Crippen LogP) is 5.01. The van der Waals surface area contributed by atoms with Crippen molar-refractivity contribution < 1.29 is 27.5 Å². The number of carbonyl (C=O) groups is 1. The molecule has 2 aromatic carbocycles. The highest BCUT2D eigenvalue weighted by Gasteiger charge is 2.30. The van der Waals surface area contributed by atoms with Gasteiger partial charge in [-0.15, -0.1) is 0 Å². The van der Waals surface area contributed by atoms with E-state index in [1.165, 1.54) is 23.1 Å². The minimum atomic E-state index is -4.53. The van der Waals surface area contributed by atoms with Crippen LogP contribution >= 0.6 is 0 Å². The van der Waals surface area contributed by atoms with E-state index in [0.717, 1.165) is 11.6 Å². The third-order valence-corrected chi connectivity index (χ3v) is 5.74. The SMILES string of the molecule is Cc1cc2cc(C(=O)N(Cc3ccc(CO)c(F)c3)Cc3ccc(C(F)(F)F)cn3)ccc2nc1N. The number of hydrogen-bond acceptors (Lipinski definition) is 5. The maximum Gasteiger partial charge on any atom is 0.417 e. The molecule has 0 fully saturated rings. The number of nitrogen functional groups attached to an aromatic ring is 1. The number of alkyl halides is 3. The van der Waals surface area contributed by atoms with Crippen LogP contribution in [0.25, 0.3) is 10.9 Å². The van der Waals surface area contributed by atoms with E-state index < -0.39 is 30.1 Å². The van der Waals surface area contributed by atoms with Gasteiger partial charge in [-0.3, -0.25) is 9.78 Å². The number of benzene rings is 2. The number of hydrogen-bond donors (Lipinski definition) is 2. The molecule has 36 heavy (non-hydrogen) atoms. The van der Waals surface area contributed by atoms with Crippen molar-refractivity contribution in [2.45, 2.75) is 32.8 Å². The summed E-state index contributed by atoms with van der Waals surface area (Å²) in [5.74, 6) is -0.676. The van der Waals surface area contributed by atoms with Gasteiger partial charge in [-0.2, -0.15) is 13.2 Å². The summed E-state index contributed by atoms with van der Waals surface area (Å²) in [5, 5.41) is 9.91. The monoisotopic (exact) mass is 498 g/mol. The molecule has 0 atom stereocenters. The van der Waals surface area contributed by atoms with Gasteiger partial charge in [0, 0.05) is 29.3 Å². The van der Waals surface area contributed by atoms with Gasteiger partial charge in [0.2, 0.25) is 0 Å². The van der Waals surface area contributed by atoms with Crippen molar-refractivity contribution >= 4 is 22.6 Å². The van der Waals surface area contributed by atoms with Crippen molar-refractivity contribution in [3.05, 3.63) is 100 Å². The Morgan fingerprint density at radius 2 is 1.83 bits per heavy atom. The third kappa shape index (κ3) is 5.44. The molecule has 0 bridgehead atoms. The number of aliphatic hydroxyl groups excluding tert-OH is 1. The fraction of sp³-hybridized carbons (Fsp3) is 0.192. The molecule has 0 aliphatic rings. The van der Waals surface area contributed by atoms with Gasteiger partial charge in [-0.25, -0.2) is 9.37 Å². The second kappa shape index (κ2) is 9.90. The van der Waals surface area contributed by atoms with Crippen LogP contribution in [0.1, 0.15) is 38.3 Å². The van der Waals surface area contributed by atoms with Gasteiger partial charge < -0.3 is 15.7 Å². The van der Waals surface area contributed by atoms with E-state index >= 15 is 0 Å². The summed E-state index contributed by atoms with van der Waals surface area (Å²) in [6.07, 6.45) is -3.82.